The van der Waals surface area contributed by atoms with Gasteiger partial charge in [0.15, 0.2) is 0 Å². The number of amides is 1. The SMILES string of the molecule is C=CC(=O)NC(N)(N)CC. The molecule has 0 saturated heterocycles. The fourth-order valence-electron chi connectivity index (χ4n) is 0.369. The molecule has 0 aromatic rings. The Hall–Kier alpha value is -0.870. The normalized spacial score (nSPS) is 10.7. The molecule has 0 aliphatic rings. The summed E-state index contributed by atoms with van der Waals surface area (Å²) in [5, 5.41) is 2.35. The van der Waals surface area contributed by atoms with Crippen LogP contribution >= 0.6 is 0 Å². The molecule has 58 valence electrons. The first-order valence-corrected chi connectivity index (χ1v) is 3.04. The van der Waals surface area contributed by atoms with Gasteiger partial charge in [0.05, 0.1) is 0 Å². The molecule has 0 aliphatic carbocycles. The van der Waals surface area contributed by atoms with Crippen molar-refractivity contribution < 1.29 is 4.79 Å². The molecule has 0 heterocycles. The number of carbonyl (C=O) groups is 1. The van der Waals surface area contributed by atoms with Crippen molar-refractivity contribution >= 4 is 5.91 Å². The van der Waals surface area contributed by atoms with Gasteiger partial charge in [-0.3, -0.25) is 16.3 Å². The van der Waals surface area contributed by atoms with Gasteiger partial charge in [-0.25, -0.2) is 0 Å². The van der Waals surface area contributed by atoms with Crippen LogP contribution in [0.4, 0.5) is 0 Å². The van der Waals surface area contributed by atoms with Gasteiger partial charge in [0.1, 0.15) is 5.79 Å². The maximum atomic E-state index is 10.6. The molecule has 0 saturated carbocycles. The molecule has 0 atom stereocenters. The molecule has 0 bridgehead atoms. The molecule has 4 nitrogen and oxygen atoms in total. The standard InChI is InChI=1S/C6H13N3O/c1-3-5(10)9-6(7,8)4-2/h3H,1,4,7-8H2,2H3,(H,9,10). The number of rotatable bonds is 3. The molecular weight excluding hydrogens is 130 g/mol. The summed E-state index contributed by atoms with van der Waals surface area (Å²) in [6.07, 6.45) is 1.61. The van der Waals surface area contributed by atoms with E-state index < -0.39 is 5.79 Å². The lowest BCUT2D eigenvalue weighted by Crippen LogP contribution is -2.62. The number of hydrogen-bond donors (Lipinski definition) is 3. The number of nitrogens with two attached hydrogens (primary N) is 2. The Bertz CT molecular complexity index is 142. The maximum absolute atomic E-state index is 10.6. The lowest BCUT2D eigenvalue weighted by Gasteiger charge is -2.22. The lowest BCUT2D eigenvalue weighted by atomic mass is 10.3. The smallest absolute Gasteiger partial charge is 0.245 e. The third kappa shape index (κ3) is 3.21. The fourth-order valence-corrected chi connectivity index (χ4v) is 0.369. The molecule has 0 unspecified atom stereocenters. The molecule has 0 aliphatic heterocycles. The van der Waals surface area contributed by atoms with E-state index in [1.165, 1.54) is 0 Å². The molecule has 0 spiro atoms. The molecule has 0 rings (SSSR count). The van der Waals surface area contributed by atoms with Crippen LogP contribution in [0.1, 0.15) is 13.3 Å². The van der Waals surface area contributed by atoms with Crippen molar-refractivity contribution in [2.45, 2.75) is 19.1 Å². The maximum Gasteiger partial charge on any atom is 0.245 e. The Morgan fingerprint density at radius 2 is 2.30 bits per heavy atom. The summed E-state index contributed by atoms with van der Waals surface area (Å²) < 4.78 is 0. The fraction of sp³-hybridized carbons (Fsp3) is 0.500. The summed E-state index contributed by atoms with van der Waals surface area (Å²) in [4.78, 5) is 10.6. The summed E-state index contributed by atoms with van der Waals surface area (Å²) in [6, 6.07) is 0. The predicted molar refractivity (Wildman–Crippen MR) is 39.7 cm³/mol. The Morgan fingerprint density at radius 3 is 2.60 bits per heavy atom. The zero-order chi connectivity index (χ0) is 8.20. The van der Waals surface area contributed by atoms with Crippen molar-refractivity contribution in [3.63, 3.8) is 0 Å². The van der Waals surface area contributed by atoms with Gasteiger partial charge < -0.3 is 5.32 Å². The van der Waals surface area contributed by atoms with Crippen LogP contribution in [0.3, 0.4) is 0 Å². The van der Waals surface area contributed by atoms with E-state index in [1.54, 1.807) is 6.92 Å². The summed E-state index contributed by atoms with van der Waals surface area (Å²) in [6.45, 7) is 5.04. The van der Waals surface area contributed by atoms with E-state index in [9.17, 15) is 4.79 Å². The molecular formula is C6H13N3O. The first kappa shape index (κ1) is 9.13. The lowest BCUT2D eigenvalue weighted by molar-refractivity contribution is -0.118. The van der Waals surface area contributed by atoms with Gasteiger partial charge in [-0.2, -0.15) is 0 Å². The van der Waals surface area contributed by atoms with E-state index in [0.29, 0.717) is 6.42 Å². The second-order valence-electron chi connectivity index (χ2n) is 2.09. The van der Waals surface area contributed by atoms with E-state index in [-0.39, 0.29) is 5.91 Å². The number of hydrogen-bond acceptors (Lipinski definition) is 3. The molecule has 0 aromatic heterocycles. The Labute approximate surface area is 60.3 Å². The Kier molecular flexibility index (Phi) is 3.05. The summed E-state index contributed by atoms with van der Waals surface area (Å²) in [5.74, 6) is -1.46. The Balaban J connectivity index is 3.87. The molecule has 5 N–H and O–H groups in total. The predicted octanol–water partition coefficient (Wildman–Crippen LogP) is -0.730. The van der Waals surface area contributed by atoms with Gasteiger partial charge in [-0.1, -0.05) is 13.5 Å². The quantitative estimate of drug-likeness (QED) is 0.360. The first-order valence-electron chi connectivity index (χ1n) is 3.04. The van der Waals surface area contributed by atoms with Crippen molar-refractivity contribution in [2.24, 2.45) is 11.5 Å². The van der Waals surface area contributed by atoms with Crippen molar-refractivity contribution in [1.82, 2.24) is 5.32 Å². The Morgan fingerprint density at radius 1 is 1.80 bits per heavy atom. The number of nitrogens with one attached hydrogen (secondary N) is 1. The molecule has 0 fully saturated rings. The topological polar surface area (TPSA) is 81.1 Å². The van der Waals surface area contributed by atoms with Crippen LogP contribution < -0.4 is 16.8 Å². The van der Waals surface area contributed by atoms with Gasteiger partial charge in [0, 0.05) is 0 Å². The second-order valence-corrected chi connectivity index (χ2v) is 2.09. The van der Waals surface area contributed by atoms with E-state index in [0.717, 1.165) is 6.08 Å². The highest BCUT2D eigenvalue weighted by atomic mass is 16.1. The van der Waals surface area contributed by atoms with Crippen LogP contribution in [0.25, 0.3) is 0 Å². The van der Waals surface area contributed by atoms with Crippen LogP contribution in [0.15, 0.2) is 12.7 Å². The molecule has 0 radical (unpaired) electrons. The van der Waals surface area contributed by atoms with Crippen LogP contribution in [0.2, 0.25) is 0 Å². The van der Waals surface area contributed by atoms with Crippen LogP contribution in [-0.4, -0.2) is 11.7 Å². The highest BCUT2D eigenvalue weighted by Gasteiger charge is 2.16. The number of carbonyl (C=O) groups excluding carboxylic acids is 1. The van der Waals surface area contributed by atoms with E-state index in [2.05, 4.69) is 11.9 Å². The summed E-state index contributed by atoms with van der Waals surface area (Å²) in [7, 11) is 0. The van der Waals surface area contributed by atoms with Crippen molar-refractivity contribution in [3.8, 4) is 0 Å². The highest BCUT2D eigenvalue weighted by molar-refractivity contribution is 5.87. The van der Waals surface area contributed by atoms with E-state index >= 15 is 0 Å². The molecule has 10 heavy (non-hydrogen) atoms. The van der Waals surface area contributed by atoms with Gasteiger partial charge in [0.25, 0.3) is 0 Å². The largest absolute Gasteiger partial charge is 0.322 e. The third-order valence-electron chi connectivity index (χ3n) is 1.13. The van der Waals surface area contributed by atoms with Crippen molar-refractivity contribution in [2.75, 3.05) is 0 Å². The molecule has 0 aromatic carbocycles. The second kappa shape index (κ2) is 3.34. The minimum atomic E-state index is -1.11. The van der Waals surface area contributed by atoms with Gasteiger partial charge in [0.2, 0.25) is 5.91 Å². The minimum Gasteiger partial charge on any atom is -0.322 e. The van der Waals surface area contributed by atoms with Crippen LogP contribution in [0.5, 0.6) is 0 Å². The molecule has 1 amide bonds. The minimum absolute atomic E-state index is 0.355. The van der Waals surface area contributed by atoms with Crippen molar-refractivity contribution in [3.05, 3.63) is 12.7 Å². The third-order valence-corrected chi connectivity index (χ3v) is 1.13. The van der Waals surface area contributed by atoms with Gasteiger partial charge in [-0.05, 0) is 12.5 Å². The van der Waals surface area contributed by atoms with E-state index in [1.807, 2.05) is 0 Å². The summed E-state index contributed by atoms with van der Waals surface area (Å²) in [5.41, 5.74) is 10.8. The van der Waals surface area contributed by atoms with Gasteiger partial charge in [-0.15, -0.1) is 0 Å². The highest BCUT2D eigenvalue weighted by Crippen LogP contribution is 1.90. The van der Waals surface area contributed by atoms with Gasteiger partial charge >= 0.3 is 0 Å². The monoisotopic (exact) mass is 143 g/mol. The average molecular weight is 143 g/mol. The zero-order valence-electron chi connectivity index (χ0n) is 6.05. The van der Waals surface area contributed by atoms with E-state index in [4.69, 9.17) is 11.5 Å². The average Bonchev–Trinajstić information content (AvgIpc) is 1.87. The zero-order valence-corrected chi connectivity index (χ0v) is 6.05. The first-order chi connectivity index (χ1) is 4.52. The van der Waals surface area contributed by atoms with Crippen LogP contribution in [0, 0.1) is 0 Å². The summed E-state index contributed by atoms with van der Waals surface area (Å²) >= 11 is 0. The van der Waals surface area contributed by atoms with Crippen LogP contribution in [-0.2, 0) is 4.79 Å². The molecule has 4 heteroatoms. The van der Waals surface area contributed by atoms with Crippen molar-refractivity contribution in [1.29, 1.82) is 0 Å².